The summed E-state index contributed by atoms with van der Waals surface area (Å²) in [5.41, 5.74) is 0.939. The van der Waals surface area contributed by atoms with Gasteiger partial charge in [0.25, 0.3) is 0 Å². The highest BCUT2D eigenvalue weighted by atomic mass is 32.2. The van der Waals surface area contributed by atoms with Gasteiger partial charge in [0.05, 0.1) is 17.4 Å². The standard InChI is InChI=1S/C17H24N2O6S/c1-10-2-6-12(7-3-10)26(23,24)18-9-14-17(22)16(21)13(25-14)8-15(20)19-11-4-5-11/h2-3,6-7,11,13-14,16-18,21-22H,4-5,8-9H2,1H3,(H,19,20)/t13-,14+,16-,17+/m0/s1. The number of carbonyl (C=O) groups is 1. The molecule has 0 aromatic heterocycles. The number of hydrogen-bond donors (Lipinski definition) is 4. The van der Waals surface area contributed by atoms with Crippen LogP contribution in [0.3, 0.4) is 0 Å². The normalized spacial score (nSPS) is 28.9. The Balaban J connectivity index is 1.55. The van der Waals surface area contributed by atoms with E-state index >= 15 is 0 Å². The number of aryl methyl sites for hydroxylation is 1. The van der Waals surface area contributed by atoms with E-state index < -0.39 is 34.4 Å². The van der Waals surface area contributed by atoms with Crippen molar-refractivity contribution in [1.29, 1.82) is 0 Å². The number of hydrogen-bond acceptors (Lipinski definition) is 6. The van der Waals surface area contributed by atoms with Gasteiger partial charge in [0.1, 0.15) is 18.3 Å². The first kappa shape index (κ1) is 19.2. The summed E-state index contributed by atoms with van der Waals surface area (Å²) in [4.78, 5) is 12.0. The second-order valence-corrected chi connectivity index (χ2v) is 8.67. The lowest BCUT2D eigenvalue weighted by molar-refractivity contribution is -0.125. The van der Waals surface area contributed by atoms with Crippen LogP contribution in [0.1, 0.15) is 24.8 Å². The second kappa shape index (κ2) is 7.61. The van der Waals surface area contributed by atoms with E-state index in [1.54, 1.807) is 12.1 Å². The van der Waals surface area contributed by atoms with Crippen LogP contribution in [0.25, 0.3) is 0 Å². The number of carbonyl (C=O) groups excluding carboxylic acids is 1. The molecule has 1 aliphatic carbocycles. The molecule has 3 rings (SSSR count). The van der Waals surface area contributed by atoms with Crippen LogP contribution < -0.4 is 10.0 Å². The number of benzene rings is 1. The molecule has 1 saturated heterocycles. The predicted octanol–water partition coefficient (Wildman–Crippen LogP) is -0.569. The average Bonchev–Trinajstić information content (AvgIpc) is 3.36. The third-order valence-electron chi connectivity index (χ3n) is 4.60. The SMILES string of the molecule is Cc1ccc(S(=O)(=O)NC[C@H]2O[C@@H](CC(=O)NC3CC3)[C@H](O)[C@@H]2O)cc1. The minimum Gasteiger partial charge on any atom is -0.388 e. The molecule has 4 N–H and O–H groups in total. The van der Waals surface area contributed by atoms with Gasteiger partial charge in [-0.05, 0) is 31.9 Å². The summed E-state index contributed by atoms with van der Waals surface area (Å²) in [5, 5.41) is 23.0. The van der Waals surface area contributed by atoms with E-state index in [0.29, 0.717) is 0 Å². The molecule has 2 aliphatic rings. The zero-order valence-electron chi connectivity index (χ0n) is 14.5. The molecule has 0 unspecified atom stereocenters. The summed E-state index contributed by atoms with van der Waals surface area (Å²) in [6, 6.07) is 6.55. The molecule has 1 aromatic carbocycles. The van der Waals surface area contributed by atoms with Crippen LogP contribution in [0, 0.1) is 6.92 Å². The number of ether oxygens (including phenoxy) is 1. The number of aliphatic hydroxyl groups is 2. The summed E-state index contributed by atoms with van der Waals surface area (Å²) < 4.78 is 32.5. The summed E-state index contributed by atoms with van der Waals surface area (Å²) in [6.45, 7) is 1.66. The molecule has 1 aromatic rings. The number of rotatable bonds is 7. The van der Waals surface area contributed by atoms with Crippen molar-refractivity contribution in [1.82, 2.24) is 10.0 Å². The van der Waals surface area contributed by atoms with Crippen LogP contribution >= 0.6 is 0 Å². The number of aliphatic hydroxyl groups excluding tert-OH is 2. The van der Waals surface area contributed by atoms with Gasteiger partial charge in [0.2, 0.25) is 15.9 Å². The number of amides is 1. The maximum Gasteiger partial charge on any atom is 0.240 e. The molecule has 0 bridgehead atoms. The topological polar surface area (TPSA) is 125 Å². The smallest absolute Gasteiger partial charge is 0.240 e. The molecule has 1 amide bonds. The van der Waals surface area contributed by atoms with Crippen LogP contribution in [0.5, 0.6) is 0 Å². The highest BCUT2D eigenvalue weighted by molar-refractivity contribution is 7.89. The zero-order chi connectivity index (χ0) is 18.9. The quantitative estimate of drug-likeness (QED) is 0.499. The fraction of sp³-hybridized carbons (Fsp3) is 0.588. The number of sulfonamides is 1. The Kier molecular flexibility index (Phi) is 5.64. The molecule has 0 spiro atoms. The lowest BCUT2D eigenvalue weighted by Crippen LogP contribution is -2.40. The Morgan fingerprint density at radius 3 is 2.38 bits per heavy atom. The highest BCUT2D eigenvalue weighted by Crippen LogP contribution is 2.25. The first-order valence-electron chi connectivity index (χ1n) is 8.63. The molecule has 9 heteroatoms. The summed E-state index contributed by atoms with van der Waals surface area (Å²) in [7, 11) is -3.76. The van der Waals surface area contributed by atoms with Gasteiger partial charge in [-0.25, -0.2) is 13.1 Å². The Morgan fingerprint density at radius 2 is 1.77 bits per heavy atom. The van der Waals surface area contributed by atoms with Gasteiger partial charge in [-0.3, -0.25) is 4.79 Å². The molecular weight excluding hydrogens is 360 g/mol. The lowest BCUT2D eigenvalue weighted by Gasteiger charge is -2.15. The van der Waals surface area contributed by atoms with Crippen molar-refractivity contribution in [2.24, 2.45) is 0 Å². The Morgan fingerprint density at radius 1 is 1.15 bits per heavy atom. The molecule has 8 nitrogen and oxygen atoms in total. The van der Waals surface area contributed by atoms with Crippen LogP contribution in [0.15, 0.2) is 29.2 Å². The highest BCUT2D eigenvalue weighted by Gasteiger charge is 2.44. The molecule has 144 valence electrons. The summed E-state index contributed by atoms with van der Waals surface area (Å²) >= 11 is 0. The van der Waals surface area contributed by atoms with Crippen molar-refractivity contribution in [3.8, 4) is 0 Å². The summed E-state index contributed by atoms with van der Waals surface area (Å²) in [6.07, 6.45) is -2.47. The van der Waals surface area contributed by atoms with Crippen molar-refractivity contribution in [3.05, 3.63) is 29.8 Å². The van der Waals surface area contributed by atoms with Crippen LogP contribution in [-0.2, 0) is 19.6 Å². The maximum absolute atomic E-state index is 12.3. The predicted molar refractivity (Wildman–Crippen MR) is 92.8 cm³/mol. The van der Waals surface area contributed by atoms with Crippen molar-refractivity contribution in [2.45, 2.75) is 61.5 Å². The van der Waals surface area contributed by atoms with Gasteiger partial charge in [-0.15, -0.1) is 0 Å². The zero-order valence-corrected chi connectivity index (χ0v) is 15.3. The Hall–Kier alpha value is -1.52. The Labute approximate surface area is 152 Å². The van der Waals surface area contributed by atoms with Gasteiger partial charge in [0.15, 0.2) is 0 Å². The Bertz CT molecular complexity index is 747. The van der Waals surface area contributed by atoms with E-state index in [2.05, 4.69) is 10.0 Å². The van der Waals surface area contributed by atoms with Crippen molar-refractivity contribution in [2.75, 3.05) is 6.54 Å². The van der Waals surface area contributed by atoms with Gasteiger partial charge in [0, 0.05) is 12.6 Å². The van der Waals surface area contributed by atoms with Gasteiger partial charge < -0.3 is 20.3 Å². The van der Waals surface area contributed by atoms with E-state index in [-0.39, 0.29) is 29.8 Å². The molecule has 2 fully saturated rings. The third kappa shape index (κ3) is 4.60. The molecule has 1 heterocycles. The molecule has 4 atom stereocenters. The largest absolute Gasteiger partial charge is 0.388 e. The lowest BCUT2D eigenvalue weighted by atomic mass is 10.1. The fourth-order valence-electron chi connectivity index (χ4n) is 2.85. The minimum absolute atomic E-state index is 0.0735. The maximum atomic E-state index is 12.3. The molecule has 26 heavy (non-hydrogen) atoms. The van der Waals surface area contributed by atoms with Crippen LogP contribution in [-0.4, -0.2) is 61.5 Å². The van der Waals surface area contributed by atoms with E-state index in [1.807, 2.05) is 6.92 Å². The van der Waals surface area contributed by atoms with Crippen molar-refractivity contribution in [3.63, 3.8) is 0 Å². The van der Waals surface area contributed by atoms with Crippen LogP contribution in [0.2, 0.25) is 0 Å². The van der Waals surface area contributed by atoms with E-state index in [0.717, 1.165) is 18.4 Å². The minimum atomic E-state index is -3.76. The first-order valence-corrected chi connectivity index (χ1v) is 10.1. The van der Waals surface area contributed by atoms with E-state index in [4.69, 9.17) is 4.74 Å². The second-order valence-electron chi connectivity index (χ2n) is 6.91. The van der Waals surface area contributed by atoms with Gasteiger partial charge in [-0.1, -0.05) is 17.7 Å². The van der Waals surface area contributed by atoms with Gasteiger partial charge in [-0.2, -0.15) is 0 Å². The summed E-state index contributed by atoms with van der Waals surface area (Å²) in [5.74, 6) is -0.246. The average molecular weight is 384 g/mol. The monoisotopic (exact) mass is 384 g/mol. The van der Waals surface area contributed by atoms with Crippen molar-refractivity contribution < 1.29 is 28.2 Å². The molecule has 1 saturated carbocycles. The van der Waals surface area contributed by atoms with E-state index in [9.17, 15) is 23.4 Å². The number of nitrogens with one attached hydrogen (secondary N) is 2. The molecule has 1 aliphatic heterocycles. The molecular formula is C17H24N2O6S. The third-order valence-corrected chi connectivity index (χ3v) is 6.04. The first-order chi connectivity index (χ1) is 12.3. The fourth-order valence-corrected chi connectivity index (χ4v) is 3.90. The van der Waals surface area contributed by atoms with Crippen molar-refractivity contribution >= 4 is 15.9 Å². The molecule has 0 radical (unpaired) electrons. The van der Waals surface area contributed by atoms with Crippen LogP contribution in [0.4, 0.5) is 0 Å². The van der Waals surface area contributed by atoms with E-state index in [1.165, 1.54) is 12.1 Å². The van der Waals surface area contributed by atoms with Gasteiger partial charge >= 0.3 is 0 Å².